The van der Waals surface area contributed by atoms with Crippen LogP contribution in [0.15, 0.2) is 138 Å². The predicted octanol–water partition coefficient (Wildman–Crippen LogP) is 11.4. The molecule has 0 atom stereocenters. The summed E-state index contributed by atoms with van der Waals surface area (Å²) in [7, 11) is -0.704. The van der Waals surface area contributed by atoms with Crippen molar-refractivity contribution in [2.24, 2.45) is 0 Å². The first-order valence-corrected chi connectivity index (χ1v) is 28.2. The second-order valence-electron chi connectivity index (χ2n) is 19.5. The number of carbonyl (C=O) groups is 2. The Bertz CT molecular complexity index is 2470. The van der Waals surface area contributed by atoms with Crippen LogP contribution in [0.4, 0.5) is 11.4 Å². The summed E-state index contributed by atoms with van der Waals surface area (Å²) in [4.78, 5) is 36.8. The van der Waals surface area contributed by atoms with Gasteiger partial charge in [0.05, 0.1) is 19.1 Å². The zero-order valence-corrected chi connectivity index (χ0v) is 47.0. The van der Waals surface area contributed by atoms with Crippen molar-refractivity contribution in [1.82, 2.24) is 14.7 Å². The van der Waals surface area contributed by atoms with Crippen LogP contribution >= 0.6 is 0 Å². The molecule has 5 aromatic rings. The second kappa shape index (κ2) is 32.0. The number of anilines is 2. The molecule has 1 N–H and O–H groups in total. The van der Waals surface area contributed by atoms with E-state index in [1.54, 1.807) is 37.4 Å². The van der Waals surface area contributed by atoms with Crippen LogP contribution in [0.25, 0.3) is 0 Å². The van der Waals surface area contributed by atoms with Crippen LogP contribution in [-0.2, 0) is 36.7 Å². The minimum atomic E-state index is -3.51. The Morgan fingerprint density at radius 2 is 1.04 bits per heavy atom. The second-order valence-corrected chi connectivity index (χ2v) is 21.2. The monoisotopic (exact) mass is 1030 g/mol. The molecule has 5 aromatic carbocycles. The van der Waals surface area contributed by atoms with E-state index in [0.717, 1.165) is 114 Å². The number of phenols is 1. The normalized spacial score (nSPS) is 14.5. The van der Waals surface area contributed by atoms with Gasteiger partial charge in [-0.25, -0.2) is 0 Å². The maximum absolute atomic E-state index is 12.7. The summed E-state index contributed by atoms with van der Waals surface area (Å²) in [5, 5.41) is 9.79. The number of aryl methyl sites for hydroxylation is 1. The molecule has 2 amide bonds. The van der Waals surface area contributed by atoms with Crippen LogP contribution in [0.3, 0.4) is 0 Å². The third-order valence-electron chi connectivity index (χ3n) is 13.8. The van der Waals surface area contributed by atoms with Gasteiger partial charge in [-0.05, 0) is 127 Å². The van der Waals surface area contributed by atoms with Gasteiger partial charge in [0.25, 0.3) is 10.1 Å². The van der Waals surface area contributed by atoms with Crippen molar-refractivity contribution >= 4 is 33.3 Å². The zero-order valence-electron chi connectivity index (χ0n) is 46.2. The highest BCUT2D eigenvalue weighted by atomic mass is 32.2. The lowest BCUT2D eigenvalue weighted by molar-refractivity contribution is -0.119. The van der Waals surface area contributed by atoms with Crippen molar-refractivity contribution in [2.45, 2.75) is 136 Å². The summed E-state index contributed by atoms with van der Waals surface area (Å²) in [5.74, 6) is 1.31. The molecule has 404 valence electrons. The number of phenolic OH excluding ortho intramolecular Hbond substituents is 1. The van der Waals surface area contributed by atoms with E-state index in [9.17, 15) is 23.1 Å². The van der Waals surface area contributed by atoms with E-state index in [2.05, 4.69) is 114 Å². The number of benzene rings is 5. The molecule has 2 saturated heterocycles. The van der Waals surface area contributed by atoms with Gasteiger partial charge in [-0.3, -0.25) is 18.7 Å². The molecule has 0 unspecified atom stereocenters. The van der Waals surface area contributed by atoms with Crippen molar-refractivity contribution in [3.05, 3.63) is 150 Å². The Morgan fingerprint density at radius 3 is 1.41 bits per heavy atom. The third kappa shape index (κ3) is 19.9. The molecular formula is C61H87N5O7S. The van der Waals surface area contributed by atoms with Crippen LogP contribution in [0.5, 0.6) is 11.5 Å². The largest absolute Gasteiger partial charge is 0.508 e. The average Bonchev–Trinajstić information content (AvgIpc) is 3.41. The lowest BCUT2D eigenvalue weighted by Gasteiger charge is -2.38. The Balaban J connectivity index is 0.000000234. The smallest absolute Gasteiger partial charge is 0.296 e. The van der Waals surface area contributed by atoms with Gasteiger partial charge in [-0.15, -0.1) is 0 Å². The summed E-state index contributed by atoms with van der Waals surface area (Å²) < 4.78 is 31.9. The van der Waals surface area contributed by atoms with Gasteiger partial charge < -0.3 is 29.4 Å². The van der Waals surface area contributed by atoms with Gasteiger partial charge in [0.1, 0.15) is 11.5 Å². The molecule has 0 bridgehead atoms. The lowest BCUT2D eigenvalue weighted by atomic mass is 10.0. The highest BCUT2D eigenvalue weighted by molar-refractivity contribution is 7.86. The van der Waals surface area contributed by atoms with Crippen molar-refractivity contribution in [3.63, 3.8) is 0 Å². The first-order valence-electron chi connectivity index (χ1n) is 26.8. The topological polar surface area (TPSA) is 123 Å². The van der Waals surface area contributed by atoms with Gasteiger partial charge in [-0.1, -0.05) is 111 Å². The predicted molar refractivity (Wildman–Crippen MR) is 304 cm³/mol. The molecule has 7 rings (SSSR count). The van der Waals surface area contributed by atoms with Gasteiger partial charge in [-0.2, -0.15) is 8.42 Å². The summed E-state index contributed by atoms with van der Waals surface area (Å²) >= 11 is 0. The van der Waals surface area contributed by atoms with Crippen molar-refractivity contribution in [1.29, 1.82) is 0 Å². The van der Waals surface area contributed by atoms with Crippen LogP contribution in [-0.4, -0.2) is 124 Å². The number of hydrogen-bond donors (Lipinski definition) is 1. The maximum Gasteiger partial charge on any atom is 0.296 e. The first-order chi connectivity index (χ1) is 35.5. The molecule has 2 aliphatic heterocycles. The van der Waals surface area contributed by atoms with Gasteiger partial charge in [0.15, 0.2) is 0 Å². The number of carbonyl (C=O) groups excluding carboxylic acids is 2. The molecule has 0 spiro atoms. The minimum absolute atomic E-state index is 0.123. The fourth-order valence-corrected chi connectivity index (χ4v) is 10.3. The molecule has 0 aliphatic carbocycles. The molecule has 2 aliphatic rings. The average molecular weight is 1030 g/mol. The van der Waals surface area contributed by atoms with Crippen molar-refractivity contribution in [3.8, 4) is 11.5 Å². The molecule has 74 heavy (non-hydrogen) atoms. The number of ether oxygens (including phenoxy) is 1. The number of rotatable bonds is 18. The molecule has 2 fully saturated rings. The maximum atomic E-state index is 12.7. The van der Waals surface area contributed by atoms with E-state index in [1.807, 2.05) is 60.9 Å². The molecule has 0 aromatic heterocycles. The van der Waals surface area contributed by atoms with E-state index in [-0.39, 0.29) is 34.5 Å². The first kappa shape index (κ1) is 61.0. The zero-order chi connectivity index (χ0) is 54.0. The number of amides is 2. The standard InChI is InChI=1S/C23H30N2O2.C22H28N2O2.C8H19N.C8H10O3S/c1-3-23(26)25(21-10-7-11-22(18-21)27-2)20-13-16-24(17-14-20)15-12-19-8-5-4-6-9-19;1-2-22(26)24(20-9-6-10-21(25)17-20)19-12-15-23(16-13-19)14-11-18-7-4-3-5-8-18;1-6-9(7(2)3)8(4)5;1-7-3-5-8(6-4-7)12(9,10)11-2/h4-11,18,20H,3,12-17H2,1-2H3;3-10,17,19,25H,2,11-16H2,1H3;7-8H,6H2,1-5H3;3-6H,1-2H3. The molecular weight excluding hydrogens is 947 g/mol. The van der Waals surface area contributed by atoms with Crippen LogP contribution < -0.4 is 14.5 Å². The molecule has 12 nitrogen and oxygen atoms in total. The van der Waals surface area contributed by atoms with Crippen molar-refractivity contribution in [2.75, 3.05) is 69.8 Å². The van der Waals surface area contributed by atoms with E-state index in [1.165, 1.54) is 23.3 Å². The Kier molecular flexibility index (Phi) is 26.4. The number of piperidine rings is 2. The van der Waals surface area contributed by atoms with Crippen LogP contribution in [0.2, 0.25) is 0 Å². The molecule has 0 saturated carbocycles. The third-order valence-corrected chi connectivity index (χ3v) is 15.1. The van der Waals surface area contributed by atoms with E-state index >= 15 is 0 Å². The Morgan fingerprint density at radius 1 is 0.608 bits per heavy atom. The number of aromatic hydroxyl groups is 1. The molecule has 13 heteroatoms. The summed E-state index contributed by atoms with van der Waals surface area (Å²) in [5.41, 5.74) is 5.53. The van der Waals surface area contributed by atoms with Crippen molar-refractivity contribution < 1.29 is 32.0 Å². The summed E-state index contributed by atoms with van der Waals surface area (Å²) in [6.07, 6.45) is 7.10. The number of hydrogen-bond acceptors (Lipinski definition) is 10. The van der Waals surface area contributed by atoms with Gasteiger partial charge in [0.2, 0.25) is 11.8 Å². The fourth-order valence-electron chi connectivity index (χ4n) is 9.65. The minimum Gasteiger partial charge on any atom is -0.508 e. The SMILES string of the molecule is CCC(=O)N(c1cccc(O)c1)C1CCN(CCc2ccccc2)CC1.CCC(=O)N(c1cccc(OC)c1)C1CCN(CCc2ccccc2)CC1.CCN(C(C)C)C(C)C.COS(=O)(=O)c1ccc(C)cc1. The van der Waals surface area contributed by atoms with Crippen LogP contribution in [0, 0.1) is 6.92 Å². The number of methoxy groups -OCH3 is 1. The molecule has 2 heterocycles. The highest BCUT2D eigenvalue weighted by Crippen LogP contribution is 2.29. The van der Waals surface area contributed by atoms with Crippen LogP contribution in [0.1, 0.15) is 104 Å². The Labute approximate surface area is 445 Å². The number of nitrogens with zero attached hydrogens (tertiary/aromatic N) is 5. The van der Waals surface area contributed by atoms with Gasteiger partial charge in [0, 0.05) is 99.8 Å². The Hall–Kier alpha value is -5.57. The quantitative estimate of drug-likeness (QED) is 0.0849. The van der Waals surface area contributed by atoms with E-state index in [4.69, 9.17) is 4.74 Å². The fraction of sp³-hybridized carbons (Fsp3) is 0.475. The highest BCUT2D eigenvalue weighted by Gasteiger charge is 2.30. The van der Waals surface area contributed by atoms with E-state index in [0.29, 0.717) is 24.9 Å². The number of likely N-dealkylation sites (tertiary alicyclic amines) is 2. The lowest BCUT2D eigenvalue weighted by Crippen LogP contribution is -2.47. The van der Waals surface area contributed by atoms with E-state index < -0.39 is 10.1 Å². The van der Waals surface area contributed by atoms with Gasteiger partial charge >= 0.3 is 0 Å². The summed E-state index contributed by atoms with van der Waals surface area (Å²) in [6, 6.07) is 44.5. The molecule has 0 radical (unpaired) electrons. The summed E-state index contributed by atoms with van der Waals surface area (Å²) in [6.45, 7) is 24.3.